The Kier molecular flexibility index (Phi) is 5.71. The molecule has 2 rings (SSSR count). The van der Waals surface area contributed by atoms with Crippen LogP contribution in [0, 0.1) is 5.92 Å². The van der Waals surface area contributed by atoms with E-state index in [0.717, 1.165) is 37.9 Å². The Morgan fingerprint density at radius 2 is 2.00 bits per heavy atom. The highest BCUT2D eigenvalue weighted by Gasteiger charge is 2.20. The smallest absolute Gasteiger partial charge is 0.190 e. The number of guanidine groups is 1. The minimum absolute atomic E-state index is 0.873. The molecule has 1 aliphatic rings. The highest BCUT2D eigenvalue weighted by atomic mass is 15.2. The van der Waals surface area contributed by atoms with Crippen LogP contribution in [0.3, 0.4) is 0 Å². The predicted octanol–water partition coefficient (Wildman–Crippen LogP) is 2.09. The SMILES string of the molecule is CN=C(NCCCN(C)c1ccccc1)NCC1CC1. The topological polar surface area (TPSA) is 39.7 Å². The summed E-state index contributed by atoms with van der Waals surface area (Å²) in [4.78, 5) is 6.52. The van der Waals surface area contributed by atoms with E-state index >= 15 is 0 Å². The third-order valence-electron chi connectivity index (χ3n) is 3.64. The van der Waals surface area contributed by atoms with Crippen LogP contribution in [0.5, 0.6) is 0 Å². The third-order valence-corrected chi connectivity index (χ3v) is 3.64. The Morgan fingerprint density at radius 3 is 2.65 bits per heavy atom. The number of hydrogen-bond acceptors (Lipinski definition) is 2. The van der Waals surface area contributed by atoms with Gasteiger partial charge in [-0.05, 0) is 37.3 Å². The first kappa shape index (κ1) is 14.7. The van der Waals surface area contributed by atoms with Crippen LogP contribution in [-0.2, 0) is 0 Å². The van der Waals surface area contributed by atoms with Gasteiger partial charge in [0.1, 0.15) is 0 Å². The number of nitrogens with zero attached hydrogens (tertiary/aromatic N) is 2. The van der Waals surface area contributed by atoms with Crippen LogP contribution >= 0.6 is 0 Å². The summed E-state index contributed by atoms with van der Waals surface area (Å²) in [7, 11) is 3.97. The van der Waals surface area contributed by atoms with Gasteiger partial charge in [-0.25, -0.2) is 0 Å². The van der Waals surface area contributed by atoms with E-state index in [2.05, 4.69) is 57.9 Å². The van der Waals surface area contributed by atoms with Crippen LogP contribution in [-0.4, -0.2) is 39.7 Å². The Labute approximate surface area is 122 Å². The fourth-order valence-corrected chi connectivity index (χ4v) is 2.12. The second kappa shape index (κ2) is 7.78. The number of para-hydroxylation sites is 1. The summed E-state index contributed by atoms with van der Waals surface area (Å²) in [6, 6.07) is 10.5. The van der Waals surface area contributed by atoms with Gasteiger partial charge < -0.3 is 15.5 Å². The van der Waals surface area contributed by atoms with E-state index < -0.39 is 0 Å². The van der Waals surface area contributed by atoms with Crippen molar-refractivity contribution in [2.75, 3.05) is 38.6 Å². The summed E-state index contributed by atoms with van der Waals surface area (Å²) in [6.07, 6.45) is 3.83. The van der Waals surface area contributed by atoms with E-state index in [1.54, 1.807) is 0 Å². The number of nitrogens with one attached hydrogen (secondary N) is 2. The van der Waals surface area contributed by atoms with E-state index in [1.807, 2.05) is 7.05 Å². The molecule has 1 saturated carbocycles. The molecule has 0 heterocycles. The van der Waals surface area contributed by atoms with Crippen molar-refractivity contribution in [1.82, 2.24) is 10.6 Å². The van der Waals surface area contributed by atoms with E-state index in [9.17, 15) is 0 Å². The molecule has 4 heteroatoms. The summed E-state index contributed by atoms with van der Waals surface area (Å²) in [6.45, 7) is 3.04. The number of benzene rings is 1. The van der Waals surface area contributed by atoms with Gasteiger partial charge in [-0.3, -0.25) is 4.99 Å². The van der Waals surface area contributed by atoms with Gasteiger partial charge in [-0.1, -0.05) is 18.2 Å². The number of anilines is 1. The van der Waals surface area contributed by atoms with Gasteiger partial charge in [-0.2, -0.15) is 0 Å². The molecule has 1 fully saturated rings. The molecule has 4 nitrogen and oxygen atoms in total. The van der Waals surface area contributed by atoms with Crippen LogP contribution in [0.25, 0.3) is 0 Å². The second-order valence-electron chi connectivity index (χ2n) is 5.43. The molecule has 0 bridgehead atoms. The molecule has 0 saturated heterocycles. The molecular weight excluding hydrogens is 248 g/mol. The van der Waals surface area contributed by atoms with Gasteiger partial charge >= 0.3 is 0 Å². The minimum Gasteiger partial charge on any atom is -0.375 e. The van der Waals surface area contributed by atoms with Crippen molar-refractivity contribution in [3.05, 3.63) is 30.3 Å². The highest BCUT2D eigenvalue weighted by Crippen LogP contribution is 2.27. The Hall–Kier alpha value is -1.71. The lowest BCUT2D eigenvalue weighted by atomic mass is 10.3. The van der Waals surface area contributed by atoms with Gasteiger partial charge in [0.25, 0.3) is 0 Å². The molecule has 110 valence electrons. The van der Waals surface area contributed by atoms with Crippen molar-refractivity contribution in [1.29, 1.82) is 0 Å². The van der Waals surface area contributed by atoms with Crippen molar-refractivity contribution in [3.8, 4) is 0 Å². The van der Waals surface area contributed by atoms with Crippen LogP contribution in [0.4, 0.5) is 5.69 Å². The molecule has 20 heavy (non-hydrogen) atoms. The maximum absolute atomic E-state index is 4.24. The molecule has 0 aliphatic heterocycles. The molecule has 0 spiro atoms. The third kappa shape index (κ3) is 5.11. The zero-order chi connectivity index (χ0) is 14.2. The lowest BCUT2D eigenvalue weighted by molar-refractivity contribution is 0.708. The Balaban J connectivity index is 1.60. The minimum atomic E-state index is 0.873. The molecular formula is C16H26N4. The second-order valence-corrected chi connectivity index (χ2v) is 5.43. The predicted molar refractivity (Wildman–Crippen MR) is 86.4 cm³/mol. The van der Waals surface area contributed by atoms with Crippen LogP contribution in [0.2, 0.25) is 0 Å². The molecule has 0 amide bonds. The van der Waals surface area contributed by atoms with Crippen molar-refractivity contribution >= 4 is 11.6 Å². The largest absolute Gasteiger partial charge is 0.375 e. The van der Waals surface area contributed by atoms with E-state index in [4.69, 9.17) is 0 Å². The lowest BCUT2D eigenvalue weighted by Crippen LogP contribution is -2.39. The van der Waals surface area contributed by atoms with Crippen LogP contribution in [0.1, 0.15) is 19.3 Å². The van der Waals surface area contributed by atoms with Gasteiger partial charge in [-0.15, -0.1) is 0 Å². The van der Waals surface area contributed by atoms with Gasteiger partial charge in [0.05, 0.1) is 0 Å². The average molecular weight is 274 g/mol. The molecule has 1 aromatic rings. The Bertz CT molecular complexity index is 412. The number of rotatable bonds is 7. The van der Waals surface area contributed by atoms with Crippen LogP contribution < -0.4 is 15.5 Å². The molecule has 0 atom stereocenters. The highest BCUT2D eigenvalue weighted by molar-refractivity contribution is 5.79. The van der Waals surface area contributed by atoms with E-state index in [1.165, 1.54) is 18.5 Å². The summed E-state index contributed by atoms with van der Waals surface area (Å²) in [5.74, 6) is 1.80. The maximum atomic E-state index is 4.24. The fourth-order valence-electron chi connectivity index (χ4n) is 2.12. The summed E-state index contributed by atoms with van der Waals surface area (Å²) < 4.78 is 0. The summed E-state index contributed by atoms with van der Waals surface area (Å²) >= 11 is 0. The van der Waals surface area contributed by atoms with Crippen LogP contribution in [0.15, 0.2) is 35.3 Å². The molecule has 1 aromatic carbocycles. The van der Waals surface area contributed by atoms with Crippen molar-refractivity contribution in [2.45, 2.75) is 19.3 Å². The molecule has 2 N–H and O–H groups in total. The average Bonchev–Trinajstić information content (AvgIpc) is 3.31. The van der Waals surface area contributed by atoms with Crippen molar-refractivity contribution in [2.24, 2.45) is 10.9 Å². The first-order valence-corrected chi connectivity index (χ1v) is 7.50. The molecule has 1 aliphatic carbocycles. The monoisotopic (exact) mass is 274 g/mol. The molecule has 0 unspecified atom stereocenters. The van der Waals surface area contributed by atoms with Gasteiger partial charge in [0.2, 0.25) is 0 Å². The van der Waals surface area contributed by atoms with Crippen molar-refractivity contribution in [3.63, 3.8) is 0 Å². The summed E-state index contributed by atoms with van der Waals surface area (Å²) in [5.41, 5.74) is 1.27. The standard InChI is InChI=1S/C16H26N4/c1-17-16(19-13-14-9-10-14)18-11-6-12-20(2)15-7-4-3-5-8-15/h3-5,7-8,14H,6,9-13H2,1-2H3,(H2,17,18,19). The maximum Gasteiger partial charge on any atom is 0.190 e. The zero-order valence-electron chi connectivity index (χ0n) is 12.6. The first-order valence-electron chi connectivity index (χ1n) is 7.50. The normalized spacial score (nSPS) is 15.0. The van der Waals surface area contributed by atoms with E-state index in [0.29, 0.717) is 0 Å². The van der Waals surface area contributed by atoms with Crippen molar-refractivity contribution < 1.29 is 0 Å². The Morgan fingerprint density at radius 1 is 1.25 bits per heavy atom. The number of aliphatic imine (C=N–C) groups is 1. The molecule has 0 aromatic heterocycles. The zero-order valence-corrected chi connectivity index (χ0v) is 12.6. The summed E-state index contributed by atoms with van der Waals surface area (Å²) in [5, 5.41) is 6.75. The quantitative estimate of drug-likeness (QED) is 0.454. The number of hydrogen-bond donors (Lipinski definition) is 2. The molecule has 0 radical (unpaired) electrons. The van der Waals surface area contributed by atoms with Gasteiger partial charge in [0, 0.05) is 39.4 Å². The lowest BCUT2D eigenvalue weighted by Gasteiger charge is -2.19. The fraction of sp³-hybridized carbons (Fsp3) is 0.562. The van der Waals surface area contributed by atoms with Gasteiger partial charge in [0.15, 0.2) is 5.96 Å². The first-order chi connectivity index (χ1) is 9.79. The van der Waals surface area contributed by atoms with E-state index in [-0.39, 0.29) is 0 Å².